The summed E-state index contributed by atoms with van der Waals surface area (Å²) in [7, 11) is 0. The van der Waals surface area contributed by atoms with E-state index < -0.39 is 11.2 Å². The number of hydrogen-bond donors (Lipinski definition) is 1. The number of carbonyl (C=O) groups is 1. The first-order chi connectivity index (χ1) is 14.1. The van der Waals surface area contributed by atoms with Crippen molar-refractivity contribution in [2.24, 2.45) is 0 Å². The van der Waals surface area contributed by atoms with Gasteiger partial charge in [0.15, 0.2) is 0 Å². The van der Waals surface area contributed by atoms with Gasteiger partial charge in [-0.05, 0) is 42.7 Å². The first kappa shape index (κ1) is 18.4. The molecule has 1 saturated carbocycles. The highest BCUT2D eigenvalue weighted by atomic mass is 16.2. The molecular formula is C22H18N4O3. The van der Waals surface area contributed by atoms with Crippen molar-refractivity contribution in [3.8, 4) is 6.07 Å². The lowest BCUT2D eigenvalue weighted by molar-refractivity contribution is 0.102. The lowest BCUT2D eigenvalue weighted by Crippen LogP contribution is -2.40. The number of para-hydroxylation sites is 1. The average Bonchev–Trinajstić information content (AvgIpc) is 3.57. The van der Waals surface area contributed by atoms with Crippen LogP contribution < -0.4 is 16.6 Å². The van der Waals surface area contributed by atoms with E-state index in [2.05, 4.69) is 5.32 Å². The van der Waals surface area contributed by atoms with Crippen LogP contribution in [0.1, 0.15) is 40.4 Å². The van der Waals surface area contributed by atoms with Crippen LogP contribution in [0.2, 0.25) is 0 Å². The van der Waals surface area contributed by atoms with Gasteiger partial charge in [0.05, 0.1) is 6.54 Å². The van der Waals surface area contributed by atoms with Gasteiger partial charge in [0.2, 0.25) is 0 Å². The van der Waals surface area contributed by atoms with Gasteiger partial charge in [0.1, 0.15) is 11.6 Å². The molecule has 144 valence electrons. The molecule has 4 rings (SSSR count). The summed E-state index contributed by atoms with van der Waals surface area (Å²) in [6.07, 6.45) is 3.07. The maximum atomic E-state index is 12.7. The minimum absolute atomic E-state index is 0.00758. The Bertz CT molecular complexity index is 1230. The molecule has 0 unspecified atom stereocenters. The van der Waals surface area contributed by atoms with E-state index in [1.807, 2.05) is 24.3 Å². The number of amides is 1. The van der Waals surface area contributed by atoms with Crippen LogP contribution in [0.4, 0.5) is 5.69 Å². The molecule has 0 aliphatic heterocycles. The van der Waals surface area contributed by atoms with Crippen molar-refractivity contribution in [2.45, 2.75) is 25.4 Å². The number of nitriles is 1. The van der Waals surface area contributed by atoms with E-state index >= 15 is 0 Å². The number of nitrogens with zero attached hydrogens (tertiary/aromatic N) is 3. The summed E-state index contributed by atoms with van der Waals surface area (Å²) in [6.45, 7) is -0.00758. The topological polar surface area (TPSA) is 96.9 Å². The summed E-state index contributed by atoms with van der Waals surface area (Å²) >= 11 is 0. The van der Waals surface area contributed by atoms with Crippen molar-refractivity contribution in [1.82, 2.24) is 9.13 Å². The number of rotatable bonds is 5. The molecule has 1 amide bonds. The fraction of sp³-hybridized carbons (Fsp3) is 0.182. The van der Waals surface area contributed by atoms with E-state index in [0.29, 0.717) is 16.8 Å². The molecule has 2 aromatic carbocycles. The van der Waals surface area contributed by atoms with Gasteiger partial charge in [-0.25, -0.2) is 4.79 Å². The molecular weight excluding hydrogens is 368 g/mol. The summed E-state index contributed by atoms with van der Waals surface area (Å²) in [5.74, 6) is -0.286. The van der Waals surface area contributed by atoms with Crippen molar-refractivity contribution >= 4 is 11.6 Å². The third kappa shape index (κ3) is 3.87. The second-order valence-corrected chi connectivity index (χ2v) is 6.99. The van der Waals surface area contributed by atoms with Crippen LogP contribution in [0.25, 0.3) is 0 Å². The van der Waals surface area contributed by atoms with Gasteiger partial charge in [0, 0.05) is 23.5 Å². The molecule has 1 aromatic heterocycles. The third-order valence-electron chi connectivity index (χ3n) is 4.82. The normalized spacial score (nSPS) is 12.9. The Balaban J connectivity index is 1.64. The highest BCUT2D eigenvalue weighted by Crippen LogP contribution is 2.33. The summed E-state index contributed by atoms with van der Waals surface area (Å²) in [5.41, 5.74) is 0.604. The fourth-order valence-corrected chi connectivity index (χ4v) is 3.17. The highest BCUT2D eigenvalue weighted by Gasteiger charge is 2.27. The maximum Gasteiger partial charge on any atom is 0.331 e. The quantitative estimate of drug-likeness (QED) is 0.729. The van der Waals surface area contributed by atoms with Crippen LogP contribution in [0, 0.1) is 11.3 Å². The van der Waals surface area contributed by atoms with Crippen molar-refractivity contribution in [3.63, 3.8) is 0 Å². The maximum absolute atomic E-state index is 12.7. The highest BCUT2D eigenvalue weighted by molar-refractivity contribution is 6.04. The van der Waals surface area contributed by atoms with Gasteiger partial charge in [-0.1, -0.05) is 30.3 Å². The zero-order valence-electron chi connectivity index (χ0n) is 15.5. The summed E-state index contributed by atoms with van der Waals surface area (Å²) in [4.78, 5) is 37.8. The van der Waals surface area contributed by atoms with Crippen molar-refractivity contribution < 1.29 is 4.79 Å². The van der Waals surface area contributed by atoms with Crippen molar-refractivity contribution in [2.75, 3.05) is 5.32 Å². The SMILES string of the molecule is N#Cc1cn(C2CC2)c(=O)n(Cc2cccc(C(=O)Nc3ccccc3)c2)c1=O. The van der Waals surface area contributed by atoms with E-state index in [1.54, 1.807) is 36.4 Å². The molecule has 7 nitrogen and oxygen atoms in total. The second-order valence-electron chi connectivity index (χ2n) is 6.99. The molecule has 0 bridgehead atoms. The van der Waals surface area contributed by atoms with Crippen LogP contribution in [-0.2, 0) is 6.54 Å². The number of carbonyl (C=O) groups excluding carboxylic acids is 1. The molecule has 1 aliphatic carbocycles. The zero-order valence-corrected chi connectivity index (χ0v) is 15.5. The molecule has 7 heteroatoms. The van der Waals surface area contributed by atoms with Crippen LogP contribution in [0.5, 0.6) is 0 Å². The molecule has 29 heavy (non-hydrogen) atoms. The smallest absolute Gasteiger partial charge is 0.322 e. The first-order valence-electron chi connectivity index (χ1n) is 9.28. The molecule has 1 heterocycles. The van der Waals surface area contributed by atoms with E-state index in [9.17, 15) is 19.6 Å². The minimum atomic E-state index is -0.617. The van der Waals surface area contributed by atoms with Crippen molar-refractivity contribution in [3.05, 3.63) is 98.3 Å². The van der Waals surface area contributed by atoms with Crippen LogP contribution in [-0.4, -0.2) is 15.0 Å². The van der Waals surface area contributed by atoms with E-state index in [-0.39, 0.29) is 24.1 Å². The van der Waals surface area contributed by atoms with Gasteiger partial charge in [-0.15, -0.1) is 0 Å². The molecule has 3 aromatic rings. The molecule has 0 spiro atoms. The van der Waals surface area contributed by atoms with E-state index in [4.69, 9.17) is 0 Å². The number of nitrogens with one attached hydrogen (secondary N) is 1. The number of aromatic nitrogens is 2. The minimum Gasteiger partial charge on any atom is -0.322 e. The molecule has 0 atom stereocenters. The largest absolute Gasteiger partial charge is 0.331 e. The summed E-state index contributed by atoms with van der Waals surface area (Å²) in [5, 5.41) is 12.1. The van der Waals surface area contributed by atoms with Gasteiger partial charge < -0.3 is 5.32 Å². The Morgan fingerprint density at radius 1 is 1.10 bits per heavy atom. The first-order valence-corrected chi connectivity index (χ1v) is 9.28. The lowest BCUT2D eigenvalue weighted by Gasteiger charge is -2.11. The summed E-state index contributed by atoms with van der Waals surface area (Å²) in [6, 6.07) is 17.8. The third-order valence-corrected chi connectivity index (χ3v) is 4.82. The Labute approximate surface area is 166 Å². The second kappa shape index (κ2) is 7.60. The molecule has 1 aliphatic rings. The molecule has 0 radical (unpaired) electrons. The van der Waals surface area contributed by atoms with Crippen molar-refractivity contribution in [1.29, 1.82) is 5.26 Å². The van der Waals surface area contributed by atoms with E-state index in [0.717, 1.165) is 17.4 Å². The molecule has 0 saturated heterocycles. The predicted octanol–water partition coefficient (Wildman–Crippen LogP) is 2.52. The Kier molecular flexibility index (Phi) is 4.83. The van der Waals surface area contributed by atoms with E-state index in [1.165, 1.54) is 10.8 Å². The molecule has 1 N–H and O–H groups in total. The van der Waals surface area contributed by atoms with Gasteiger partial charge in [-0.3, -0.25) is 18.7 Å². The monoisotopic (exact) mass is 386 g/mol. The van der Waals surface area contributed by atoms with Gasteiger partial charge in [-0.2, -0.15) is 5.26 Å². The summed E-state index contributed by atoms with van der Waals surface area (Å²) < 4.78 is 2.52. The Morgan fingerprint density at radius 2 is 1.86 bits per heavy atom. The number of hydrogen-bond acceptors (Lipinski definition) is 4. The van der Waals surface area contributed by atoms with Gasteiger partial charge in [0.25, 0.3) is 11.5 Å². The Hall–Kier alpha value is -3.92. The Morgan fingerprint density at radius 3 is 2.55 bits per heavy atom. The van der Waals surface area contributed by atoms with Crippen LogP contribution >= 0.6 is 0 Å². The van der Waals surface area contributed by atoms with Gasteiger partial charge >= 0.3 is 5.69 Å². The predicted molar refractivity (Wildman–Crippen MR) is 108 cm³/mol. The molecule has 1 fully saturated rings. The average molecular weight is 386 g/mol. The lowest BCUT2D eigenvalue weighted by atomic mass is 10.1. The van der Waals surface area contributed by atoms with Crippen LogP contribution in [0.3, 0.4) is 0 Å². The fourth-order valence-electron chi connectivity index (χ4n) is 3.17. The standard InChI is InChI=1S/C22H18N4O3/c23-12-17-14-25(19-9-10-19)22(29)26(21(17)28)13-15-5-4-6-16(11-15)20(27)24-18-7-2-1-3-8-18/h1-8,11,14,19H,9-10,13H2,(H,24,27). The van der Waals surface area contributed by atoms with Crippen LogP contribution in [0.15, 0.2) is 70.4 Å². The number of benzene rings is 2. The zero-order chi connectivity index (χ0) is 20.4. The number of anilines is 1.